The van der Waals surface area contributed by atoms with Gasteiger partial charge in [-0.2, -0.15) is 0 Å². The third-order valence-corrected chi connectivity index (χ3v) is 5.95. The third-order valence-electron chi connectivity index (χ3n) is 5.72. The molecule has 162 valence electrons. The maximum Gasteiger partial charge on any atom is 0.335 e. The molecule has 3 aromatic rings. The number of barbiturate groups is 1. The number of rotatable bonds is 7. The van der Waals surface area contributed by atoms with E-state index in [-0.39, 0.29) is 12.8 Å². The van der Waals surface area contributed by atoms with E-state index < -0.39 is 23.3 Å². The van der Waals surface area contributed by atoms with Gasteiger partial charge in [0.25, 0.3) is 5.91 Å². The number of imide groups is 2. The molecule has 0 atom stereocenters. The molecule has 32 heavy (non-hydrogen) atoms. The molecule has 7 nitrogen and oxygen atoms in total. The van der Waals surface area contributed by atoms with E-state index >= 15 is 0 Å². The van der Waals surface area contributed by atoms with Crippen LogP contribution < -0.4 is 10.2 Å². The summed E-state index contributed by atoms with van der Waals surface area (Å²) in [5, 5.41) is 2.79. The Bertz CT molecular complexity index is 1090. The molecule has 1 saturated heterocycles. The maximum absolute atomic E-state index is 13.8. The van der Waals surface area contributed by atoms with E-state index in [0.29, 0.717) is 23.6 Å². The maximum atomic E-state index is 13.8. The summed E-state index contributed by atoms with van der Waals surface area (Å²) in [5.74, 6) is -1.12. The summed E-state index contributed by atoms with van der Waals surface area (Å²) in [6.45, 7) is 0. The Morgan fingerprint density at radius 1 is 0.844 bits per heavy atom. The zero-order valence-corrected chi connectivity index (χ0v) is 18.0. The third kappa shape index (κ3) is 4.38. The standard InChI is InChI=1S/C24H21ClN4O3/c25-19-2-1-3-20(16-19)29-22(31)24(21(30)28-23(29)32,10-4-17-6-12-26-13-7-17)11-5-18-8-14-27-15-9-18/h1-3,6-9,12-16H,4-5,10-11H2,(H,28,30,32). The number of anilines is 1. The number of nitrogens with zero attached hydrogens (tertiary/aromatic N) is 3. The van der Waals surface area contributed by atoms with Gasteiger partial charge in [0.1, 0.15) is 5.41 Å². The van der Waals surface area contributed by atoms with Crippen molar-refractivity contribution in [3.8, 4) is 0 Å². The lowest BCUT2D eigenvalue weighted by molar-refractivity contribution is -0.143. The lowest BCUT2D eigenvalue weighted by Crippen LogP contribution is -2.64. The lowest BCUT2D eigenvalue weighted by atomic mass is 9.74. The number of nitrogens with one attached hydrogen (secondary N) is 1. The summed E-state index contributed by atoms with van der Waals surface area (Å²) < 4.78 is 0. The van der Waals surface area contributed by atoms with Crippen molar-refractivity contribution < 1.29 is 14.4 Å². The van der Waals surface area contributed by atoms with E-state index in [2.05, 4.69) is 15.3 Å². The molecule has 4 amide bonds. The molecule has 3 heterocycles. The number of hydrogen-bond donors (Lipinski definition) is 1. The second kappa shape index (κ2) is 9.28. The van der Waals surface area contributed by atoms with Crippen molar-refractivity contribution in [1.29, 1.82) is 0 Å². The van der Waals surface area contributed by atoms with Gasteiger partial charge in [0.15, 0.2) is 0 Å². The minimum Gasteiger partial charge on any atom is -0.276 e. The molecule has 0 saturated carbocycles. The smallest absolute Gasteiger partial charge is 0.276 e. The van der Waals surface area contributed by atoms with Gasteiger partial charge in [-0.25, -0.2) is 9.69 Å². The molecule has 0 spiro atoms. The van der Waals surface area contributed by atoms with E-state index in [1.54, 1.807) is 43.0 Å². The van der Waals surface area contributed by atoms with Crippen molar-refractivity contribution in [2.75, 3.05) is 4.90 Å². The first-order valence-corrected chi connectivity index (χ1v) is 10.6. The Hall–Kier alpha value is -3.58. The summed E-state index contributed by atoms with van der Waals surface area (Å²) in [5.41, 5.74) is 0.817. The van der Waals surface area contributed by atoms with Gasteiger partial charge in [-0.3, -0.25) is 24.9 Å². The molecular weight excluding hydrogens is 428 g/mol. The number of aryl methyl sites for hydroxylation is 2. The van der Waals surface area contributed by atoms with Crippen LogP contribution in [-0.2, 0) is 22.4 Å². The number of carbonyl (C=O) groups excluding carboxylic acids is 3. The molecule has 0 bridgehead atoms. The summed E-state index contributed by atoms with van der Waals surface area (Å²) in [6, 6.07) is 13.1. The largest absolute Gasteiger partial charge is 0.335 e. The number of hydrogen-bond acceptors (Lipinski definition) is 5. The molecule has 1 aromatic carbocycles. The van der Waals surface area contributed by atoms with E-state index in [9.17, 15) is 14.4 Å². The molecule has 4 rings (SSSR count). The normalized spacial score (nSPS) is 15.5. The summed E-state index contributed by atoms with van der Waals surface area (Å²) >= 11 is 6.09. The highest BCUT2D eigenvalue weighted by atomic mass is 35.5. The highest BCUT2D eigenvalue weighted by Crippen LogP contribution is 2.37. The first-order valence-electron chi connectivity index (χ1n) is 10.2. The van der Waals surface area contributed by atoms with Crippen molar-refractivity contribution in [2.45, 2.75) is 25.7 Å². The second-order valence-electron chi connectivity index (χ2n) is 7.67. The molecule has 2 aromatic heterocycles. The van der Waals surface area contributed by atoms with Crippen LogP contribution in [-0.4, -0.2) is 27.8 Å². The highest BCUT2D eigenvalue weighted by molar-refractivity contribution is 6.32. The molecule has 0 unspecified atom stereocenters. The van der Waals surface area contributed by atoms with Crippen LogP contribution in [0.15, 0.2) is 73.3 Å². The van der Waals surface area contributed by atoms with Gasteiger partial charge in [-0.15, -0.1) is 0 Å². The molecule has 1 aliphatic heterocycles. The summed E-state index contributed by atoms with van der Waals surface area (Å²) in [6.07, 6.45) is 8.14. The fourth-order valence-corrected chi connectivity index (χ4v) is 4.09. The lowest BCUT2D eigenvalue weighted by Gasteiger charge is -2.39. The monoisotopic (exact) mass is 448 g/mol. The van der Waals surface area contributed by atoms with Crippen molar-refractivity contribution in [3.05, 3.63) is 89.5 Å². The van der Waals surface area contributed by atoms with Crippen molar-refractivity contribution >= 4 is 35.1 Å². The second-order valence-corrected chi connectivity index (χ2v) is 8.11. The Labute approximate surface area is 190 Å². The zero-order chi connectivity index (χ0) is 22.6. The van der Waals surface area contributed by atoms with Crippen LogP contribution in [0.4, 0.5) is 10.5 Å². The topological polar surface area (TPSA) is 92.3 Å². The molecule has 8 heteroatoms. The van der Waals surface area contributed by atoms with Gasteiger partial charge >= 0.3 is 6.03 Å². The van der Waals surface area contributed by atoms with Gasteiger partial charge in [0, 0.05) is 29.8 Å². The van der Waals surface area contributed by atoms with E-state index in [1.165, 1.54) is 6.07 Å². The number of urea groups is 1. The first kappa shape index (κ1) is 21.6. The quantitative estimate of drug-likeness (QED) is 0.552. The average molecular weight is 449 g/mol. The van der Waals surface area contributed by atoms with Crippen LogP contribution in [0.1, 0.15) is 24.0 Å². The Morgan fingerprint density at radius 2 is 1.41 bits per heavy atom. The number of amides is 4. The van der Waals surface area contributed by atoms with E-state index in [0.717, 1.165) is 16.0 Å². The molecular formula is C24H21ClN4O3. The Balaban J connectivity index is 1.70. The molecule has 0 radical (unpaired) electrons. The Morgan fingerprint density at radius 3 is 1.94 bits per heavy atom. The van der Waals surface area contributed by atoms with Crippen LogP contribution in [0.5, 0.6) is 0 Å². The predicted molar refractivity (Wildman–Crippen MR) is 120 cm³/mol. The summed E-state index contributed by atoms with van der Waals surface area (Å²) in [7, 11) is 0. The highest BCUT2D eigenvalue weighted by Gasteiger charge is 2.53. The van der Waals surface area contributed by atoms with Crippen molar-refractivity contribution in [3.63, 3.8) is 0 Å². The number of pyridine rings is 2. The van der Waals surface area contributed by atoms with Gasteiger partial charge in [-0.05, 0) is 79.3 Å². The number of benzene rings is 1. The molecule has 1 fully saturated rings. The zero-order valence-electron chi connectivity index (χ0n) is 17.2. The minimum atomic E-state index is -1.41. The fraction of sp³-hybridized carbons (Fsp3) is 0.208. The SMILES string of the molecule is O=C1NC(=O)C(CCc2ccncc2)(CCc2ccncc2)C(=O)N1c1cccc(Cl)c1. The van der Waals surface area contributed by atoms with Crippen LogP contribution in [0.3, 0.4) is 0 Å². The van der Waals surface area contributed by atoms with Gasteiger partial charge < -0.3 is 0 Å². The minimum absolute atomic E-state index is 0.247. The van der Waals surface area contributed by atoms with E-state index in [4.69, 9.17) is 11.6 Å². The summed E-state index contributed by atoms with van der Waals surface area (Å²) in [4.78, 5) is 48.7. The van der Waals surface area contributed by atoms with Crippen LogP contribution in [0, 0.1) is 5.41 Å². The van der Waals surface area contributed by atoms with Crippen LogP contribution >= 0.6 is 11.6 Å². The first-order chi connectivity index (χ1) is 15.5. The van der Waals surface area contributed by atoms with Crippen molar-refractivity contribution in [1.82, 2.24) is 15.3 Å². The number of aromatic nitrogens is 2. The average Bonchev–Trinajstić information content (AvgIpc) is 2.80. The van der Waals surface area contributed by atoms with Gasteiger partial charge in [0.05, 0.1) is 5.69 Å². The van der Waals surface area contributed by atoms with Crippen LogP contribution in [0.2, 0.25) is 5.02 Å². The van der Waals surface area contributed by atoms with Gasteiger partial charge in [-0.1, -0.05) is 17.7 Å². The predicted octanol–water partition coefficient (Wildman–Crippen LogP) is 3.96. The van der Waals surface area contributed by atoms with E-state index in [1.807, 2.05) is 24.3 Å². The van der Waals surface area contributed by atoms with Crippen LogP contribution in [0.25, 0.3) is 0 Å². The Kier molecular flexibility index (Phi) is 6.28. The molecule has 0 aliphatic carbocycles. The number of halogens is 1. The number of carbonyl (C=O) groups is 3. The van der Waals surface area contributed by atoms with Gasteiger partial charge in [0.2, 0.25) is 5.91 Å². The fourth-order valence-electron chi connectivity index (χ4n) is 3.91. The molecule has 1 N–H and O–H groups in total. The molecule has 1 aliphatic rings. The van der Waals surface area contributed by atoms with Crippen molar-refractivity contribution in [2.24, 2.45) is 5.41 Å².